The van der Waals surface area contributed by atoms with Gasteiger partial charge in [-0.05, 0) is 48.2 Å². The first-order valence-corrected chi connectivity index (χ1v) is 6.91. The van der Waals surface area contributed by atoms with E-state index in [4.69, 9.17) is 15.3 Å². The van der Waals surface area contributed by atoms with E-state index in [1.807, 2.05) is 37.3 Å². The van der Waals surface area contributed by atoms with Crippen molar-refractivity contribution in [1.29, 1.82) is 0 Å². The molecule has 1 atom stereocenters. The van der Waals surface area contributed by atoms with Crippen LogP contribution in [-0.2, 0) is 6.42 Å². The first-order chi connectivity index (χ1) is 10.2. The Morgan fingerprint density at radius 3 is 2.57 bits per heavy atom. The van der Waals surface area contributed by atoms with Crippen molar-refractivity contribution in [3.63, 3.8) is 0 Å². The summed E-state index contributed by atoms with van der Waals surface area (Å²) in [5, 5.41) is 0. The highest BCUT2D eigenvalue weighted by Crippen LogP contribution is 2.26. The maximum absolute atomic E-state index is 5.73. The van der Waals surface area contributed by atoms with Gasteiger partial charge in [-0.15, -0.1) is 0 Å². The van der Waals surface area contributed by atoms with Crippen molar-refractivity contribution in [3.8, 4) is 11.5 Å². The third kappa shape index (κ3) is 3.74. The first kappa shape index (κ1) is 15.4. The first-order valence-electron chi connectivity index (χ1n) is 6.91. The highest BCUT2D eigenvalue weighted by molar-refractivity contribution is 5.39. The van der Waals surface area contributed by atoms with Crippen LogP contribution in [0.3, 0.4) is 0 Å². The normalized spacial score (nSPS) is 12.0. The number of hydrazine groups is 1. The van der Waals surface area contributed by atoms with Crippen LogP contribution in [0, 0.1) is 6.92 Å². The summed E-state index contributed by atoms with van der Waals surface area (Å²) in [5.41, 5.74) is 6.25. The molecule has 2 aromatic carbocycles. The van der Waals surface area contributed by atoms with E-state index < -0.39 is 0 Å². The third-order valence-corrected chi connectivity index (χ3v) is 3.61. The summed E-state index contributed by atoms with van der Waals surface area (Å²) >= 11 is 0. The number of hydrogen-bond acceptors (Lipinski definition) is 4. The van der Waals surface area contributed by atoms with Gasteiger partial charge in [-0.2, -0.15) is 0 Å². The van der Waals surface area contributed by atoms with Crippen molar-refractivity contribution >= 4 is 0 Å². The zero-order valence-electron chi connectivity index (χ0n) is 12.7. The molecule has 0 heterocycles. The molecule has 0 amide bonds. The van der Waals surface area contributed by atoms with Gasteiger partial charge in [0.25, 0.3) is 0 Å². The van der Waals surface area contributed by atoms with Crippen molar-refractivity contribution in [2.75, 3.05) is 14.2 Å². The summed E-state index contributed by atoms with van der Waals surface area (Å²) < 4.78 is 10.6. The van der Waals surface area contributed by atoms with Crippen molar-refractivity contribution in [1.82, 2.24) is 5.43 Å². The summed E-state index contributed by atoms with van der Waals surface area (Å²) in [6.07, 6.45) is 0.778. The third-order valence-electron chi connectivity index (χ3n) is 3.61. The average molecular weight is 286 g/mol. The minimum absolute atomic E-state index is 0.0200. The Balaban J connectivity index is 2.23. The second-order valence-electron chi connectivity index (χ2n) is 5.00. The van der Waals surface area contributed by atoms with E-state index in [1.54, 1.807) is 14.2 Å². The molecular formula is C17H22N2O2. The number of benzene rings is 2. The molecule has 0 aliphatic carbocycles. The predicted molar refractivity (Wildman–Crippen MR) is 84.5 cm³/mol. The number of nitrogens with two attached hydrogens (primary N) is 1. The van der Waals surface area contributed by atoms with Gasteiger partial charge in [-0.1, -0.05) is 24.3 Å². The second-order valence-corrected chi connectivity index (χ2v) is 5.00. The molecule has 21 heavy (non-hydrogen) atoms. The lowest BCUT2D eigenvalue weighted by Crippen LogP contribution is -2.29. The lowest BCUT2D eigenvalue weighted by molar-refractivity contribution is 0.409. The highest BCUT2D eigenvalue weighted by atomic mass is 16.5. The van der Waals surface area contributed by atoms with Gasteiger partial charge in [0.2, 0.25) is 0 Å². The van der Waals surface area contributed by atoms with E-state index >= 15 is 0 Å². The quantitative estimate of drug-likeness (QED) is 0.633. The topological polar surface area (TPSA) is 56.5 Å². The zero-order valence-corrected chi connectivity index (χ0v) is 12.7. The van der Waals surface area contributed by atoms with E-state index in [2.05, 4.69) is 17.6 Å². The van der Waals surface area contributed by atoms with Crippen molar-refractivity contribution in [3.05, 3.63) is 59.2 Å². The molecule has 1 unspecified atom stereocenters. The Morgan fingerprint density at radius 1 is 1.10 bits per heavy atom. The number of rotatable bonds is 6. The van der Waals surface area contributed by atoms with Gasteiger partial charge in [-0.25, -0.2) is 0 Å². The highest BCUT2D eigenvalue weighted by Gasteiger charge is 2.13. The Bertz CT molecular complexity index is 599. The van der Waals surface area contributed by atoms with E-state index in [0.29, 0.717) is 0 Å². The summed E-state index contributed by atoms with van der Waals surface area (Å²) in [5.74, 6) is 7.46. The molecule has 0 aliphatic heterocycles. The second kappa shape index (κ2) is 7.11. The van der Waals surface area contributed by atoms with E-state index in [-0.39, 0.29) is 6.04 Å². The Labute approximate surface area is 125 Å². The average Bonchev–Trinajstić information content (AvgIpc) is 2.53. The molecule has 0 bridgehead atoms. The monoisotopic (exact) mass is 286 g/mol. The van der Waals surface area contributed by atoms with Gasteiger partial charge in [0.15, 0.2) is 0 Å². The summed E-state index contributed by atoms with van der Waals surface area (Å²) in [6.45, 7) is 2.02. The zero-order chi connectivity index (χ0) is 15.2. The molecule has 0 saturated heterocycles. The van der Waals surface area contributed by atoms with Gasteiger partial charge in [0.05, 0.1) is 20.3 Å². The number of nitrogens with one attached hydrogen (secondary N) is 1. The number of methoxy groups -OCH3 is 2. The number of hydrogen-bond donors (Lipinski definition) is 2. The Hall–Kier alpha value is -2.04. The number of aryl methyl sites for hydroxylation is 1. The van der Waals surface area contributed by atoms with E-state index in [0.717, 1.165) is 34.6 Å². The van der Waals surface area contributed by atoms with Gasteiger partial charge < -0.3 is 9.47 Å². The lowest BCUT2D eigenvalue weighted by atomic mass is 9.98. The maximum atomic E-state index is 5.73. The van der Waals surface area contributed by atoms with Crippen LogP contribution in [0.2, 0.25) is 0 Å². The molecule has 0 radical (unpaired) electrons. The molecule has 0 saturated carbocycles. The molecule has 0 fully saturated rings. The van der Waals surface area contributed by atoms with Gasteiger partial charge >= 0.3 is 0 Å². The maximum Gasteiger partial charge on any atom is 0.122 e. The summed E-state index contributed by atoms with van der Waals surface area (Å²) in [4.78, 5) is 0. The molecule has 0 spiro atoms. The standard InChI is InChI=1S/C17H22N2O2/c1-12-7-8-14(11-17(12)21-3)16(19-18)10-13-5-4-6-15(9-13)20-2/h4-9,11,16,19H,10,18H2,1-3H3. The SMILES string of the molecule is COc1cccc(CC(NN)c2ccc(C)c(OC)c2)c1. The van der Waals surface area contributed by atoms with Crippen LogP contribution in [0.25, 0.3) is 0 Å². The van der Waals surface area contributed by atoms with Crippen LogP contribution in [0.1, 0.15) is 22.7 Å². The van der Waals surface area contributed by atoms with Gasteiger partial charge in [-0.3, -0.25) is 11.3 Å². The smallest absolute Gasteiger partial charge is 0.122 e. The van der Waals surface area contributed by atoms with E-state index in [1.165, 1.54) is 0 Å². The van der Waals surface area contributed by atoms with Crippen LogP contribution in [0.15, 0.2) is 42.5 Å². The fourth-order valence-electron chi connectivity index (χ4n) is 2.36. The predicted octanol–water partition coefficient (Wildman–Crippen LogP) is 2.76. The van der Waals surface area contributed by atoms with Crippen molar-refractivity contribution in [2.24, 2.45) is 5.84 Å². The number of ether oxygens (including phenoxy) is 2. The minimum Gasteiger partial charge on any atom is -0.497 e. The largest absolute Gasteiger partial charge is 0.497 e. The summed E-state index contributed by atoms with van der Waals surface area (Å²) in [7, 11) is 3.35. The molecule has 4 nitrogen and oxygen atoms in total. The van der Waals surface area contributed by atoms with Crippen LogP contribution in [0.4, 0.5) is 0 Å². The summed E-state index contributed by atoms with van der Waals surface area (Å²) in [6, 6.07) is 14.2. The lowest BCUT2D eigenvalue weighted by Gasteiger charge is -2.18. The molecule has 2 rings (SSSR count). The molecule has 3 N–H and O–H groups in total. The van der Waals surface area contributed by atoms with Gasteiger partial charge in [0.1, 0.15) is 11.5 Å². The Morgan fingerprint density at radius 2 is 1.90 bits per heavy atom. The van der Waals surface area contributed by atoms with Crippen LogP contribution >= 0.6 is 0 Å². The molecule has 0 aromatic heterocycles. The Kier molecular flexibility index (Phi) is 5.20. The van der Waals surface area contributed by atoms with Crippen molar-refractivity contribution in [2.45, 2.75) is 19.4 Å². The molecule has 112 valence electrons. The van der Waals surface area contributed by atoms with Crippen LogP contribution in [0.5, 0.6) is 11.5 Å². The van der Waals surface area contributed by atoms with E-state index in [9.17, 15) is 0 Å². The fraction of sp³-hybridized carbons (Fsp3) is 0.294. The minimum atomic E-state index is 0.0200. The van der Waals surface area contributed by atoms with Crippen LogP contribution < -0.4 is 20.7 Å². The van der Waals surface area contributed by atoms with Gasteiger partial charge in [0, 0.05) is 0 Å². The molecule has 0 aliphatic rings. The molecule has 2 aromatic rings. The van der Waals surface area contributed by atoms with Crippen molar-refractivity contribution < 1.29 is 9.47 Å². The molecule has 4 heteroatoms. The van der Waals surface area contributed by atoms with Crippen LogP contribution in [-0.4, -0.2) is 14.2 Å². The fourth-order valence-corrected chi connectivity index (χ4v) is 2.36. The molecular weight excluding hydrogens is 264 g/mol.